The molecule has 2 fully saturated rings. The average molecular weight is 389 g/mol. The summed E-state index contributed by atoms with van der Waals surface area (Å²) in [5.41, 5.74) is 0.778. The zero-order chi connectivity index (χ0) is 18.9. The average Bonchev–Trinajstić information content (AvgIpc) is 3.33. The molecular weight excluding hydrogens is 360 g/mol. The van der Waals surface area contributed by atoms with Crippen LogP contribution in [0.15, 0.2) is 29.2 Å². The van der Waals surface area contributed by atoms with Crippen LogP contribution in [0.3, 0.4) is 0 Å². The van der Waals surface area contributed by atoms with E-state index < -0.39 is 0 Å². The molecule has 27 heavy (non-hydrogen) atoms. The van der Waals surface area contributed by atoms with Gasteiger partial charge in [0.15, 0.2) is 0 Å². The molecule has 2 aliphatic rings. The van der Waals surface area contributed by atoms with Crippen molar-refractivity contribution >= 4 is 23.4 Å². The largest absolute Gasteiger partial charge is 0.376 e. The second-order valence-corrected chi connectivity index (χ2v) is 8.07. The molecule has 3 rings (SSSR count). The van der Waals surface area contributed by atoms with E-state index in [2.05, 4.69) is 21.2 Å². The number of benzene rings is 1. The topological polar surface area (TPSA) is 68.6 Å². The first-order valence-corrected chi connectivity index (χ1v) is 10.7. The smallest absolute Gasteiger partial charge is 0.238 e. The van der Waals surface area contributed by atoms with Gasteiger partial charge < -0.3 is 15.0 Å². The van der Waals surface area contributed by atoms with E-state index in [1.807, 2.05) is 24.3 Å². The number of carbonyl (C=O) groups excluding carboxylic acids is 1. The minimum atomic E-state index is -0.0160. The highest BCUT2D eigenvalue weighted by Gasteiger charge is 2.25. The Morgan fingerprint density at radius 1 is 1.26 bits per heavy atom. The molecule has 146 valence electrons. The van der Waals surface area contributed by atoms with Gasteiger partial charge in [-0.25, -0.2) is 0 Å². The molecule has 1 aromatic rings. The molecule has 1 N–H and O–H groups in total. The summed E-state index contributed by atoms with van der Waals surface area (Å²) in [5.74, 6) is 0.354. The van der Waals surface area contributed by atoms with Crippen LogP contribution in [0.25, 0.3) is 0 Å². The number of para-hydroxylation sites is 1. The van der Waals surface area contributed by atoms with Gasteiger partial charge in [-0.3, -0.25) is 9.69 Å². The second-order valence-electron chi connectivity index (χ2n) is 7.06. The summed E-state index contributed by atoms with van der Waals surface area (Å²) in [7, 11) is 0. The van der Waals surface area contributed by atoms with Crippen molar-refractivity contribution in [1.82, 2.24) is 9.80 Å². The van der Waals surface area contributed by atoms with Crippen LogP contribution in [0.5, 0.6) is 0 Å². The summed E-state index contributed by atoms with van der Waals surface area (Å²) in [6.45, 7) is 6.30. The summed E-state index contributed by atoms with van der Waals surface area (Å²) in [5, 5.41) is 11.7. The van der Waals surface area contributed by atoms with Crippen LogP contribution in [-0.2, 0) is 9.53 Å². The Hall–Kier alpha value is -1.59. The van der Waals surface area contributed by atoms with Gasteiger partial charge in [-0.2, -0.15) is 5.26 Å². The summed E-state index contributed by atoms with van der Waals surface area (Å²) < 4.78 is 6.01. The van der Waals surface area contributed by atoms with E-state index in [0.717, 1.165) is 43.2 Å². The first-order valence-electron chi connectivity index (χ1n) is 9.69. The number of nitrogens with one attached hydrogen (secondary N) is 1. The number of anilines is 1. The fraction of sp³-hybridized carbons (Fsp3) is 0.600. The van der Waals surface area contributed by atoms with E-state index in [1.54, 1.807) is 0 Å². The maximum absolute atomic E-state index is 12.4. The molecule has 1 atom stereocenters. The van der Waals surface area contributed by atoms with Gasteiger partial charge in [0.1, 0.15) is 0 Å². The Morgan fingerprint density at radius 3 is 2.89 bits per heavy atom. The van der Waals surface area contributed by atoms with Crippen molar-refractivity contribution in [1.29, 1.82) is 5.26 Å². The standard InChI is InChI=1S/C20H28N4O2S/c21-8-14-27-19-6-2-1-5-18(19)22-20(25)16-24-11-7-17(15-24)26-13-12-23-9-3-4-10-23/h1-2,5-6,17H,3-4,7,9-16H2,(H,22,25)/t17-/m1/s1. The Morgan fingerprint density at radius 2 is 2.07 bits per heavy atom. The number of rotatable bonds is 9. The lowest BCUT2D eigenvalue weighted by Gasteiger charge is -2.18. The lowest BCUT2D eigenvalue weighted by molar-refractivity contribution is -0.117. The third-order valence-corrected chi connectivity index (χ3v) is 5.95. The number of hydrogen-bond acceptors (Lipinski definition) is 6. The van der Waals surface area contributed by atoms with Crippen LogP contribution in [0.4, 0.5) is 5.69 Å². The third-order valence-electron chi connectivity index (χ3n) is 5.01. The molecule has 0 radical (unpaired) electrons. The van der Waals surface area contributed by atoms with Crippen molar-refractivity contribution in [2.45, 2.75) is 30.3 Å². The number of thioether (sulfide) groups is 1. The summed E-state index contributed by atoms with van der Waals surface area (Å²) in [6, 6.07) is 9.74. The van der Waals surface area contributed by atoms with Crippen molar-refractivity contribution in [3.63, 3.8) is 0 Å². The number of amides is 1. The maximum Gasteiger partial charge on any atom is 0.238 e. The number of nitriles is 1. The van der Waals surface area contributed by atoms with Crippen LogP contribution in [0.2, 0.25) is 0 Å². The van der Waals surface area contributed by atoms with Crippen LogP contribution in [-0.4, -0.2) is 73.4 Å². The summed E-state index contributed by atoms with van der Waals surface area (Å²) >= 11 is 1.44. The number of ether oxygens (including phenoxy) is 1. The Balaban J connectivity index is 1.38. The van der Waals surface area contributed by atoms with E-state index in [-0.39, 0.29) is 12.0 Å². The van der Waals surface area contributed by atoms with E-state index >= 15 is 0 Å². The van der Waals surface area contributed by atoms with E-state index in [0.29, 0.717) is 12.3 Å². The van der Waals surface area contributed by atoms with E-state index in [4.69, 9.17) is 10.00 Å². The van der Waals surface area contributed by atoms with Crippen molar-refractivity contribution in [3.8, 4) is 6.07 Å². The molecule has 6 nitrogen and oxygen atoms in total. The lowest BCUT2D eigenvalue weighted by Crippen LogP contribution is -2.33. The monoisotopic (exact) mass is 388 g/mol. The molecule has 0 bridgehead atoms. The predicted molar refractivity (Wildman–Crippen MR) is 108 cm³/mol. The highest BCUT2D eigenvalue weighted by Crippen LogP contribution is 2.26. The van der Waals surface area contributed by atoms with Crippen LogP contribution in [0.1, 0.15) is 19.3 Å². The van der Waals surface area contributed by atoms with Crippen LogP contribution >= 0.6 is 11.8 Å². The summed E-state index contributed by atoms with van der Waals surface area (Å²) in [6.07, 6.45) is 3.84. The number of hydrogen-bond donors (Lipinski definition) is 1. The molecule has 1 aromatic carbocycles. The van der Waals surface area contributed by atoms with Crippen molar-refractivity contribution in [2.24, 2.45) is 0 Å². The van der Waals surface area contributed by atoms with Gasteiger partial charge in [-0.05, 0) is 44.5 Å². The maximum atomic E-state index is 12.4. The molecule has 0 saturated carbocycles. The Labute approximate surface area is 165 Å². The normalized spacial score (nSPS) is 20.6. The quantitative estimate of drug-likeness (QED) is 0.656. The van der Waals surface area contributed by atoms with E-state index in [9.17, 15) is 4.79 Å². The van der Waals surface area contributed by atoms with Crippen LogP contribution < -0.4 is 5.32 Å². The molecule has 2 aliphatic heterocycles. The van der Waals surface area contributed by atoms with Gasteiger partial charge >= 0.3 is 0 Å². The van der Waals surface area contributed by atoms with Gasteiger partial charge in [0.25, 0.3) is 0 Å². The minimum absolute atomic E-state index is 0.0160. The lowest BCUT2D eigenvalue weighted by atomic mass is 10.3. The molecule has 0 aromatic heterocycles. The van der Waals surface area contributed by atoms with Crippen molar-refractivity contribution < 1.29 is 9.53 Å². The fourth-order valence-corrected chi connectivity index (χ4v) is 4.30. The zero-order valence-corrected chi connectivity index (χ0v) is 16.5. The number of nitrogens with zero attached hydrogens (tertiary/aromatic N) is 3. The van der Waals surface area contributed by atoms with Gasteiger partial charge in [-0.15, -0.1) is 11.8 Å². The highest BCUT2D eigenvalue weighted by molar-refractivity contribution is 7.99. The second kappa shape index (κ2) is 10.7. The van der Waals surface area contributed by atoms with E-state index in [1.165, 1.54) is 37.7 Å². The first kappa shape index (κ1) is 20.2. The molecule has 2 saturated heterocycles. The minimum Gasteiger partial charge on any atom is -0.376 e. The van der Waals surface area contributed by atoms with Crippen molar-refractivity contribution in [3.05, 3.63) is 24.3 Å². The van der Waals surface area contributed by atoms with Gasteiger partial charge in [0, 0.05) is 24.5 Å². The molecule has 1 amide bonds. The highest BCUT2D eigenvalue weighted by atomic mass is 32.2. The molecule has 7 heteroatoms. The SMILES string of the molecule is N#CCSc1ccccc1NC(=O)CN1CC[C@@H](OCCN2CCCC2)C1. The first-order chi connectivity index (χ1) is 13.2. The van der Waals surface area contributed by atoms with Crippen molar-refractivity contribution in [2.75, 3.05) is 56.9 Å². The Bertz CT molecular complexity index is 658. The number of likely N-dealkylation sites (tertiary alicyclic amines) is 2. The fourth-order valence-electron chi connectivity index (χ4n) is 3.63. The number of carbonyl (C=O) groups is 1. The third kappa shape index (κ3) is 6.51. The molecular formula is C20H28N4O2S. The van der Waals surface area contributed by atoms with Gasteiger partial charge in [-0.1, -0.05) is 12.1 Å². The molecule has 2 heterocycles. The molecule has 0 unspecified atom stereocenters. The summed E-state index contributed by atoms with van der Waals surface area (Å²) in [4.78, 5) is 18.0. The zero-order valence-electron chi connectivity index (χ0n) is 15.7. The molecule has 0 spiro atoms. The van der Waals surface area contributed by atoms with Gasteiger partial charge in [0.05, 0.1) is 36.8 Å². The Kier molecular flexibility index (Phi) is 7.96. The van der Waals surface area contributed by atoms with Gasteiger partial charge in [0.2, 0.25) is 5.91 Å². The molecule has 0 aliphatic carbocycles. The van der Waals surface area contributed by atoms with Crippen LogP contribution in [0, 0.1) is 11.3 Å². The predicted octanol–water partition coefficient (Wildman–Crippen LogP) is 2.43.